The molecule has 3 rings (SSSR count). The smallest absolute Gasteiger partial charge is 0.274 e. The first-order valence-electron chi connectivity index (χ1n) is 7.23. The van der Waals surface area contributed by atoms with Gasteiger partial charge in [0, 0.05) is 5.92 Å². The molecule has 1 aliphatic rings. The zero-order valence-corrected chi connectivity index (χ0v) is 12.7. The van der Waals surface area contributed by atoms with E-state index in [1.54, 1.807) is 0 Å². The SMILES string of the molecule is CC(C)c1ocnc1C(=O)NC1(c2c(F)cccc2F)COC1. The first-order valence-corrected chi connectivity index (χ1v) is 7.23. The molecule has 0 atom stereocenters. The number of hydrogen-bond acceptors (Lipinski definition) is 4. The van der Waals surface area contributed by atoms with Crippen LogP contribution in [0.3, 0.4) is 0 Å². The molecule has 122 valence electrons. The van der Waals surface area contributed by atoms with E-state index in [0.717, 1.165) is 12.1 Å². The van der Waals surface area contributed by atoms with E-state index in [1.165, 1.54) is 12.5 Å². The lowest BCUT2D eigenvalue weighted by molar-refractivity contribution is -0.0766. The summed E-state index contributed by atoms with van der Waals surface area (Å²) in [4.78, 5) is 16.4. The molecular formula is C16H16F2N2O3. The van der Waals surface area contributed by atoms with Crippen LogP contribution in [0.25, 0.3) is 0 Å². The fourth-order valence-electron chi connectivity index (χ4n) is 2.65. The van der Waals surface area contributed by atoms with E-state index in [0.29, 0.717) is 5.76 Å². The number of carbonyl (C=O) groups excluding carboxylic acids is 1. The van der Waals surface area contributed by atoms with Gasteiger partial charge in [0.2, 0.25) is 0 Å². The molecule has 23 heavy (non-hydrogen) atoms. The third kappa shape index (κ3) is 2.61. The summed E-state index contributed by atoms with van der Waals surface area (Å²) in [6.45, 7) is 3.70. The molecule has 1 N–H and O–H groups in total. The number of rotatable bonds is 4. The normalized spacial score (nSPS) is 16.2. The van der Waals surface area contributed by atoms with E-state index in [1.807, 2.05) is 13.8 Å². The highest BCUT2D eigenvalue weighted by molar-refractivity contribution is 5.94. The van der Waals surface area contributed by atoms with Gasteiger partial charge < -0.3 is 14.5 Å². The predicted octanol–water partition coefficient (Wildman–Crippen LogP) is 2.73. The van der Waals surface area contributed by atoms with Crippen molar-refractivity contribution in [3.05, 3.63) is 53.2 Å². The van der Waals surface area contributed by atoms with Crippen LogP contribution in [0.4, 0.5) is 8.78 Å². The van der Waals surface area contributed by atoms with Crippen LogP contribution in [0.5, 0.6) is 0 Å². The topological polar surface area (TPSA) is 64.4 Å². The number of halogens is 2. The number of amides is 1. The summed E-state index contributed by atoms with van der Waals surface area (Å²) < 4.78 is 38.5. The summed E-state index contributed by atoms with van der Waals surface area (Å²) in [5, 5.41) is 2.66. The van der Waals surface area contributed by atoms with E-state index in [9.17, 15) is 13.6 Å². The summed E-state index contributed by atoms with van der Waals surface area (Å²) in [6, 6.07) is 3.58. The fraction of sp³-hybridized carbons (Fsp3) is 0.375. The number of aromatic nitrogens is 1. The zero-order valence-electron chi connectivity index (χ0n) is 12.7. The van der Waals surface area contributed by atoms with Gasteiger partial charge in [-0.1, -0.05) is 19.9 Å². The van der Waals surface area contributed by atoms with Crippen molar-refractivity contribution in [1.82, 2.24) is 10.3 Å². The van der Waals surface area contributed by atoms with Gasteiger partial charge in [0.1, 0.15) is 22.9 Å². The Hall–Kier alpha value is -2.28. The van der Waals surface area contributed by atoms with Gasteiger partial charge in [-0.25, -0.2) is 13.8 Å². The van der Waals surface area contributed by atoms with Crippen LogP contribution in [-0.2, 0) is 10.3 Å². The molecule has 1 aromatic heterocycles. The third-order valence-electron chi connectivity index (χ3n) is 3.83. The molecule has 0 saturated carbocycles. The summed E-state index contributed by atoms with van der Waals surface area (Å²) in [5.41, 5.74) is -1.32. The zero-order chi connectivity index (χ0) is 16.6. The molecule has 0 radical (unpaired) electrons. The highest BCUT2D eigenvalue weighted by Gasteiger charge is 2.46. The van der Waals surface area contributed by atoms with Crippen LogP contribution >= 0.6 is 0 Å². The van der Waals surface area contributed by atoms with Gasteiger partial charge in [-0.3, -0.25) is 4.79 Å². The van der Waals surface area contributed by atoms with Crippen LogP contribution in [-0.4, -0.2) is 24.1 Å². The fourth-order valence-corrected chi connectivity index (χ4v) is 2.65. The Morgan fingerprint density at radius 3 is 2.48 bits per heavy atom. The second kappa shape index (κ2) is 5.73. The Morgan fingerprint density at radius 2 is 1.96 bits per heavy atom. The minimum Gasteiger partial charge on any atom is -0.447 e. The predicted molar refractivity (Wildman–Crippen MR) is 76.9 cm³/mol. The molecule has 2 heterocycles. The Bertz CT molecular complexity index is 718. The molecule has 0 unspecified atom stereocenters. The summed E-state index contributed by atoms with van der Waals surface area (Å²) in [5.74, 6) is -1.62. The number of nitrogens with one attached hydrogen (secondary N) is 1. The van der Waals surface area contributed by atoms with Gasteiger partial charge in [0.15, 0.2) is 12.1 Å². The van der Waals surface area contributed by atoms with Crippen LogP contribution in [0, 0.1) is 11.6 Å². The first kappa shape index (κ1) is 15.6. The van der Waals surface area contributed by atoms with Crippen molar-refractivity contribution in [1.29, 1.82) is 0 Å². The van der Waals surface area contributed by atoms with E-state index in [4.69, 9.17) is 9.15 Å². The molecule has 1 aliphatic heterocycles. The van der Waals surface area contributed by atoms with Crippen LogP contribution in [0.1, 0.15) is 41.6 Å². The Morgan fingerprint density at radius 1 is 1.30 bits per heavy atom. The number of carbonyl (C=O) groups is 1. The van der Waals surface area contributed by atoms with Crippen molar-refractivity contribution in [2.45, 2.75) is 25.3 Å². The third-order valence-corrected chi connectivity index (χ3v) is 3.83. The Balaban J connectivity index is 1.93. The number of hydrogen-bond donors (Lipinski definition) is 1. The lowest BCUT2D eigenvalue weighted by Crippen LogP contribution is -2.60. The molecule has 1 amide bonds. The van der Waals surface area contributed by atoms with Gasteiger partial charge in [-0.15, -0.1) is 0 Å². The minimum absolute atomic E-state index is 0.00848. The van der Waals surface area contributed by atoms with E-state index in [-0.39, 0.29) is 30.4 Å². The molecular weight excluding hydrogens is 306 g/mol. The summed E-state index contributed by atoms with van der Waals surface area (Å²) in [7, 11) is 0. The van der Waals surface area contributed by atoms with E-state index < -0.39 is 23.1 Å². The van der Waals surface area contributed by atoms with Crippen molar-refractivity contribution in [2.75, 3.05) is 13.2 Å². The van der Waals surface area contributed by atoms with Gasteiger partial charge in [0.25, 0.3) is 5.91 Å². The molecule has 0 bridgehead atoms. The molecule has 2 aromatic rings. The summed E-state index contributed by atoms with van der Waals surface area (Å²) in [6.07, 6.45) is 1.18. The van der Waals surface area contributed by atoms with E-state index >= 15 is 0 Å². The first-order chi connectivity index (χ1) is 10.9. The lowest BCUT2D eigenvalue weighted by atomic mass is 9.86. The monoisotopic (exact) mass is 322 g/mol. The van der Waals surface area contributed by atoms with Gasteiger partial charge in [-0.2, -0.15) is 0 Å². The van der Waals surface area contributed by atoms with E-state index in [2.05, 4.69) is 10.3 Å². The molecule has 1 saturated heterocycles. The second-order valence-electron chi connectivity index (χ2n) is 5.85. The van der Waals surface area contributed by atoms with Crippen LogP contribution in [0.2, 0.25) is 0 Å². The number of nitrogens with zero attached hydrogens (tertiary/aromatic N) is 1. The van der Waals surface area contributed by atoms with Crippen LogP contribution < -0.4 is 5.32 Å². The minimum atomic E-state index is -1.24. The average Bonchev–Trinajstić information content (AvgIpc) is 2.93. The van der Waals surface area contributed by atoms with Crippen molar-refractivity contribution >= 4 is 5.91 Å². The second-order valence-corrected chi connectivity index (χ2v) is 5.85. The Labute approximate surface area is 131 Å². The number of oxazole rings is 1. The van der Waals surface area contributed by atoms with Crippen molar-refractivity contribution in [2.24, 2.45) is 0 Å². The molecule has 1 aromatic carbocycles. The Kier molecular flexibility index (Phi) is 3.89. The summed E-state index contributed by atoms with van der Waals surface area (Å²) >= 11 is 0. The van der Waals surface area contributed by atoms with Crippen molar-refractivity contribution in [3.63, 3.8) is 0 Å². The average molecular weight is 322 g/mol. The quantitative estimate of drug-likeness (QED) is 0.940. The van der Waals surface area contributed by atoms with Gasteiger partial charge in [0.05, 0.1) is 18.8 Å². The van der Waals surface area contributed by atoms with Gasteiger partial charge in [-0.05, 0) is 12.1 Å². The van der Waals surface area contributed by atoms with Crippen molar-refractivity contribution < 1.29 is 22.7 Å². The van der Waals surface area contributed by atoms with Crippen molar-refractivity contribution in [3.8, 4) is 0 Å². The largest absolute Gasteiger partial charge is 0.447 e. The number of benzene rings is 1. The maximum atomic E-state index is 14.1. The highest BCUT2D eigenvalue weighted by atomic mass is 19.1. The lowest BCUT2D eigenvalue weighted by Gasteiger charge is -2.42. The number of ether oxygens (including phenoxy) is 1. The van der Waals surface area contributed by atoms with Gasteiger partial charge >= 0.3 is 0 Å². The maximum Gasteiger partial charge on any atom is 0.274 e. The molecule has 7 heteroatoms. The highest BCUT2D eigenvalue weighted by Crippen LogP contribution is 2.34. The molecule has 0 spiro atoms. The molecule has 1 fully saturated rings. The standard InChI is InChI=1S/C16H16F2N2O3/c1-9(2)14-13(19-8-23-14)15(21)20-16(6-22-7-16)12-10(17)4-3-5-11(12)18/h3-5,8-9H,6-7H2,1-2H3,(H,20,21). The molecule has 0 aliphatic carbocycles. The maximum absolute atomic E-state index is 14.1. The van der Waals surface area contributed by atoms with Crippen LogP contribution in [0.15, 0.2) is 29.0 Å². The molecule has 5 nitrogen and oxygen atoms in total.